The predicted molar refractivity (Wildman–Crippen MR) is 77.7 cm³/mol. The highest BCUT2D eigenvalue weighted by Gasteiger charge is 2.15. The molecular weight excluding hydrogens is 320 g/mol. The number of nitrogens with one attached hydrogen (secondary N) is 1. The third kappa shape index (κ3) is 3.90. The average Bonchev–Trinajstić information content (AvgIpc) is 2.27. The Morgan fingerprint density at radius 1 is 1.41 bits per heavy atom. The Kier molecular flexibility index (Phi) is 4.31. The van der Waals surface area contributed by atoms with Gasteiger partial charge >= 0.3 is 0 Å². The number of rotatable bonds is 3. The number of hydrogen-bond acceptors (Lipinski definition) is 3. The highest BCUT2D eigenvalue weighted by Crippen LogP contribution is 2.21. The number of hydrogen-bond donors (Lipinski definition) is 1. The molecule has 0 radical (unpaired) electrons. The van der Waals surface area contributed by atoms with Gasteiger partial charge in [-0.15, -0.1) is 11.8 Å². The van der Waals surface area contributed by atoms with Crippen molar-refractivity contribution in [1.29, 1.82) is 0 Å². The van der Waals surface area contributed by atoms with E-state index in [-0.39, 0.29) is 11.0 Å². The molecule has 1 aliphatic rings. The Bertz CT molecular complexity index is 485. The zero-order valence-electron chi connectivity index (χ0n) is 8.77. The van der Waals surface area contributed by atoms with Crippen molar-refractivity contribution in [3.63, 3.8) is 0 Å². The normalized spacial score (nSPS) is 15.5. The molecule has 0 aromatic heterocycles. The van der Waals surface area contributed by atoms with Crippen LogP contribution in [0.5, 0.6) is 0 Å². The van der Waals surface area contributed by atoms with Gasteiger partial charge in [0, 0.05) is 20.8 Å². The van der Waals surface area contributed by atoms with Gasteiger partial charge in [-0.1, -0.05) is 15.9 Å². The van der Waals surface area contributed by atoms with E-state index in [1.165, 1.54) is 0 Å². The van der Waals surface area contributed by atoms with Crippen molar-refractivity contribution in [3.8, 4) is 0 Å². The van der Waals surface area contributed by atoms with Gasteiger partial charge in [-0.2, -0.15) is 0 Å². The Labute approximate surface area is 117 Å². The SMILES string of the molecule is O=C1CC(CSc2ccc(Br)cc2)=NC(=S)N1. The van der Waals surface area contributed by atoms with E-state index in [1.807, 2.05) is 24.3 Å². The van der Waals surface area contributed by atoms with Gasteiger partial charge in [0.2, 0.25) is 5.91 Å². The number of nitrogens with zero attached hydrogens (tertiary/aromatic N) is 1. The molecule has 0 atom stereocenters. The van der Waals surface area contributed by atoms with E-state index in [1.54, 1.807) is 11.8 Å². The van der Waals surface area contributed by atoms with Crippen LogP contribution in [-0.2, 0) is 4.79 Å². The van der Waals surface area contributed by atoms with E-state index in [9.17, 15) is 4.79 Å². The van der Waals surface area contributed by atoms with E-state index >= 15 is 0 Å². The molecule has 1 aromatic carbocycles. The largest absolute Gasteiger partial charge is 0.301 e. The van der Waals surface area contributed by atoms with Gasteiger partial charge in [0.1, 0.15) is 0 Å². The molecule has 0 fully saturated rings. The molecule has 2 rings (SSSR count). The first-order chi connectivity index (χ1) is 8.13. The van der Waals surface area contributed by atoms with Crippen molar-refractivity contribution in [2.75, 3.05) is 5.75 Å². The molecule has 1 aliphatic heterocycles. The highest BCUT2D eigenvalue weighted by molar-refractivity contribution is 9.10. The van der Waals surface area contributed by atoms with Crippen molar-refractivity contribution in [2.45, 2.75) is 11.3 Å². The van der Waals surface area contributed by atoms with Gasteiger partial charge in [0.25, 0.3) is 0 Å². The summed E-state index contributed by atoms with van der Waals surface area (Å²) in [4.78, 5) is 16.5. The second-order valence-electron chi connectivity index (χ2n) is 3.45. The van der Waals surface area contributed by atoms with E-state index in [0.29, 0.717) is 12.2 Å². The molecular formula is C11H9BrN2OS2. The number of carbonyl (C=O) groups excluding carboxylic acids is 1. The summed E-state index contributed by atoms with van der Waals surface area (Å²) in [6.07, 6.45) is 0.337. The molecule has 1 N–H and O–H groups in total. The summed E-state index contributed by atoms with van der Waals surface area (Å²) >= 11 is 9.91. The monoisotopic (exact) mass is 328 g/mol. The summed E-state index contributed by atoms with van der Waals surface area (Å²) in [5.74, 6) is 0.617. The van der Waals surface area contributed by atoms with Gasteiger partial charge in [-0.25, -0.2) is 4.99 Å². The first kappa shape index (κ1) is 12.7. The second-order valence-corrected chi connectivity index (χ2v) is 5.80. The summed E-state index contributed by atoms with van der Waals surface area (Å²) < 4.78 is 1.05. The maximum Gasteiger partial charge on any atom is 0.231 e. The van der Waals surface area contributed by atoms with Crippen LogP contribution in [0.4, 0.5) is 0 Å². The zero-order chi connectivity index (χ0) is 12.3. The average molecular weight is 329 g/mol. The Morgan fingerprint density at radius 3 is 2.76 bits per heavy atom. The van der Waals surface area contributed by atoms with Crippen molar-refractivity contribution in [2.24, 2.45) is 4.99 Å². The molecule has 0 spiro atoms. The van der Waals surface area contributed by atoms with Crippen LogP contribution in [0.3, 0.4) is 0 Å². The quantitative estimate of drug-likeness (QED) is 0.685. The molecule has 1 aromatic rings. The van der Waals surface area contributed by atoms with Crippen LogP contribution in [0.15, 0.2) is 38.6 Å². The Balaban J connectivity index is 1.96. The summed E-state index contributed by atoms with van der Waals surface area (Å²) in [5.41, 5.74) is 0.826. The minimum absolute atomic E-state index is 0.0728. The molecule has 1 heterocycles. The van der Waals surface area contributed by atoms with Gasteiger partial charge in [-0.05, 0) is 36.5 Å². The first-order valence-electron chi connectivity index (χ1n) is 4.92. The molecule has 0 bridgehead atoms. The van der Waals surface area contributed by atoms with E-state index in [4.69, 9.17) is 12.2 Å². The lowest BCUT2D eigenvalue weighted by atomic mass is 10.2. The number of thioether (sulfide) groups is 1. The maximum absolute atomic E-state index is 11.2. The predicted octanol–water partition coefficient (Wildman–Crippen LogP) is 2.79. The standard InChI is InChI=1S/C11H9BrN2OS2/c12-7-1-3-9(4-2-7)17-6-8-5-10(15)14-11(16)13-8/h1-4H,5-6H2,(H,14,15,16). The lowest BCUT2D eigenvalue weighted by Crippen LogP contribution is -2.35. The van der Waals surface area contributed by atoms with Crippen LogP contribution in [0.25, 0.3) is 0 Å². The number of benzene rings is 1. The number of aliphatic imine (C=N–C) groups is 1. The number of amides is 1. The van der Waals surface area contributed by atoms with E-state index in [0.717, 1.165) is 15.1 Å². The van der Waals surface area contributed by atoms with Gasteiger partial charge in [0.15, 0.2) is 5.11 Å². The van der Waals surface area contributed by atoms with Gasteiger partial charge in [0.05, 0.1) is 6.42 Å². The molecule has 0 unspecified atom stereocenters. The molecule has 1 amide bonds. The van der Waals surface area contributed by atoms with Crippen LogP contribution < -0.4 is 5.32 Å². The minimum Gasteiger partial charge on any atom is -0.301 e. The maximum atomic E-state index is 11.2. The third-order valence-electron chi connectivity index (χ3n) is 2.09. The first-order valence-corrected chi connectivity index (χ1v) is 7.11. The van der Waals surface area contributed by atoms with Gasteiger partial charge in [-0.3, -0.25) is 4.79 Å². The van der Waals surface area contributed by atoms with Crippen molar-refractivity contribution in [1.82, 2.24) is 5.32 Å². The van der Waals surface area contributed by atoms with Crippen LogP contribution >= 0.6 is 39.9 Å². The molecule has 6 heteroatoms. The van der Waals surface area contributed by atoms with Crippen LogP contribution in [-0.4, -0.2) is 22.5 Å². The van der Waals surface area contributed by atoms with Crippen LogP contribution in [0.2, 0.25) is 0 Å². The van der Waals surface area contributed by atoms with E-state index in [2.05, 4.69) is 26.2 Å². The molecule has 3 nitrogen and oxygen atoms in total. The van der Waals surface area contributed by atoms with Crippen LogP contribution in [0, 0.1) is 0 Å². The molecule has 17 heavy (non-hydrogen) atoms. The smallest absolute Gasteiger partial charge is 0.231 e. The van der Waals surface area contributed by atoms with Gasteiger partial charge < -0.3 is 5.32 Å². The Morgan fingerprint density at radius 2 is 2.12 bits per heavy atom. The number of carbonyl (C=O) groups is 1. The Hall–Kier alpha value is -0.720. The molecule has 88 valence electrons. The van der Waals surface area contributed by atoms with Crippen LogP contribution in [0.1, 0.15) is 6.42 Å². The lowest BCUT2D eigenvalue weighted by Gasteiger charge is -2.12. The fourth-order valence-corrected chi connectivity index (χ4v) is 2.68. The zero-order valence-corrected chi connectivity index (χ0v) is 12.0. The van der Waals surface area contributed by atoms with Crippen molar-refractivity contribution >= 4 is 56.6 Å². The second kappa shape index (κ2) is 5.75. The fraction of sp³-hybridized carbons (Fsp3) is 0.182. The summed E-state index contributed by atoms with van der Waals surface area (Å²) in [7, 11) is 0. The summed E-state index contributed by atoms with van der Waals surface area (Å²) in [5, 5.41) is 2.78. The lowest BCUT2D eigenvalue weighted by molar-refractivity contribution is -0.118. The van der Waals surface area contributed by atoms with Crippen molar-refractivity contribution in [3.05, 3.63) is 28.7 Å². The molecule has 0 saturated heterocycles. The fourth-order valence-electron chi connectivity index (χ4n) is 1.34. The molecule has 0 aliphatic carbocycles. The topological polar surface area (TPSA) is 41.5 Å². The third-order valence-corrected chi connectivity index (χ3v) is 3.89. The number of halogens is 1. The van der Waals surface area contributed by atoms with Crippen molar-refractivity contribution < 1.29 is 4.79 Å². The minimum atomic E-state index is -0.0728. The summed E-state index contributed by atoms with van der Waals surface area (Å²) in [6, 6.07) is 8.03. The molecule has 0 saturated carbocycles. The summed E-state index contributed by atoms with van der Waals surface area (Å²) in [6.45, 7) is 0. The number of thiocarbonyl (C=S) groups is 1. The highest BCUT2D eigenvalue weighted by atomic mass is 79.9. The van der Waals surface area contributed by atoms with E-state index < -0.39 is 0 Å².